The molecule has 0 radical (unpaired) electrons. The van der Waals surface area contributed by atoms with E-state index in [1.807, 2.05) is 0 Å². The topological polar surface area (TPSA) is 70.1 Å². The number of hydrogen-bond acceptors (Lipinski definition) is 6. The summed E-state index contributed by atoms with van der Waals surface area (Å²) in [7, 11) is 0. The van der Waals surface area contributed by atoms with Gasteiger partial charge in [0.1, 0.15) is 17.0 Å². The lowest BCUT2D eigenvalue weighted by atomic mass is 10.3. The van der Waals surface area contributed by atoms with E-state index in [0.717, 1.165) is 29.1 Å². The van der Waals surface area contributed by atoms with Gasteiger partial charge in [-0.05, 0) is 19.9 Å². The highest BCUT2D eigenvalue weighted by Crippen LogP contribution is 2.27. The van der Waals surface area contributed by atoms with E-state index in [4.69, 9.17) is 5.11 Å². The lowest BCUT2D eigenvalue weighted by molar-refractivity contribution is 0.192. The molecule has 0 bridgehead atoms. The van der Waals surface area contributed by atoms with Gasteiger partial charge in [-0.1, -0.05) is 0 Å². The summed E-state index contributed by atoms with van der Waals surface area (Å²) in [6, 6.07) is 2.10. The van der Waals surface area contributed by atoms with Crippen molar-refractivity contribution in [3.63, 3.8) is 0 Å². The van der Waals surface area contributed by atoms with Crippen molar-refractivity contribution < 1.29 is 5.11 Å². The van der Waals surface area contributed by atoms with Crippen molar-refractivity contribution in [2.45, 2.75) is 20.0 Å². The first-order chi connectivity index (χ1) is 8.66. The summed E-state index contributed by atoms with van der Waals surface area (Å²) in [4.78, 5) is 10.8. The third kappa shape index (κ3) is 3.38. The fraction of sp³-hybridized carbons (Fsp3) is 0.500. The van der Waals surface area contributed by atoms with Crippen molar-refractivity contribution >= 4 is 27.4 Å². The summed E-state index contributed by atoms with van der Waals surface area (Å²) in [5, 5.41) is 16.6. The second-order valence-corrected chi connectivity index (χ2v) is 5.51. The molecule has 2 aromatic rings. The summed E-state index contributed by atoms with van der Waals surface area (Å²) in [5.41, 5.74) is 0. The van der Waals surface area contributed by atoms with Crippen LogP contribution in [0.4, 0.5) is 5.82 Å². The molecule has 0 aliphatic carbocycles. The number of fused-ring (bicyclic) bond motifs is 1. The number of rotatable bonds is 6. The Labute approximate surface area is 110 Å². The van der Waals surface area contributed by atoms with E-state index in [9.17, 15) is 0 Å². The molecule has 0 aliphatic heterocycles. The first-order valence-corrected chi connectivity index (χ1v) is 6.82. The predicted molar refractivity (Wildman–Crippen MR) is 75.2 cm³/mol. The molecule has 0 saturated heterocycles. The molecule has 3 N–H and O–H groups in total. The Morgan fingerprint density at radius 3 is 3.00 bits per heavy atom. The van der Waals surface area contributed by atoms with E-state index in [1.165, 1.54) is 4.88 Å². The van der Waals surface area contributed by atoms with Crippen LogP contribution in [0.25, 0.3) is 10.2 Å². The van der Waals surface area contributed by atoms with Crippen LogP contribution in [0.2, 0.25) is 0 Å². The van der Waals surface area contributed by atoms with Gasteiger partial charge in [0, 0.05) is 24.5 Å². The van der Waals surface area contributed by atoms with Gasteiger partial charge in [-0.25, -0.2) is 9.97 Å². The van der Waals surface area contributed by atoms with E-state index < -0.39 is 0 Å². The van der Waals surface area contributed by atoms with Crippen LogP contribution in [0.15, 0.2) is 12.4 Å². The molecular weight excluding hydrogens is 248 g/mol. The van der Waals surface area contributed by atoms with Gasteiger partial charge in [-0.3, -0.25) is 0 Å². The quantitative estimate of drug-likeness (QED) is 0.689. The fourth-order valence-electron chi connectivity index (χ4n) is 1.70. The average molecular weight is 266 g/mol. The van der Waals surface area contributed by atoms with Crippen molar-refractivity contribution in [3.05, 3.63) is 17.3 Å². The van der Waals surface area contributed by atoms with Crippen LogP contribution in [0.3, 0.4) is 0 Å². The molecular formula is C12H18N4OS. The van der Waals surface area contributed by atoms with Crippen LogP contribution in [-0.2, 0) is 0 Å². The lowest BCUT2D eigenvalue weighted by Crippen LogP contribution is -2.29. The Bertz CT molecular complexity index is 512. The molecule has 0 saturated carbocycles. The monoisotopic (exact) mass is 266 g/mol. The first kappa shape index (κ1) is 13.2. The molecule has 1 atom stereocenters. The molecule has 18 heavy (non-hydrogen) atoms. The number of anilines is 1. The highest BCUT2D eigenvalue weighted by molar-refractivity contribution is 7.18. The SMILES string of the molecule is Cc1cc2c(NCCNCC(C)O)ncnc2s1. The predicted octanol–water partition coefficient (Wildman–Crippen LogP) is 1.38. The van der Waals surface area contributed by atoms with Crippen LogP contribution in [0, 0.1) is 6.92 Å². The number of nitrogens with one attached hydrogen (secondary N) is 2. The number of aryl methyl sites for hydroxylation is 1. The minimum Gasteiger partial charge on any atom is -0.392 e. The Morgan fingerprint density at radius 1 is 1.39 bits per heavy atom. The fourth-order valence-corrected chi connectivity index (χ4v) is 2.54. The molecule has 0 amide bonds. The summed E-state index contributed by atoms with van der Waals surface area (Å²) in [6.07, 6.45) is 1.28. The number of aromatic nitrogens is 2. The Hall–Kier alpha value is -1.24. The van der Waals surface area contributed by atoms with Gasteiger partial charge in [0.25, 0.3) is 0 Å². The molecule has 5 nitrogen and oxygen atoms in total. The lowest BCUT2D eigenvalue weighted by Gasteiger charge is -2.08. The summed E-state index contributed by atoms with van der Waals surface area (Å²) in [6.45, 7) is 6.01. The maximum Gasteiger partial charge on any atom is 0.138 e. The smallest absolute Gasteiger partial charge is 0.138 e. The van der Waals surface area contributed by atoms with Crippen LogP contribution in [0.5, 0.6) is 0 Å². The molecule has 1 unspecified atom stereocenters. The minimum absolute atomic E-state index is 0.310. The third-order valence-corrected chi connectivity index (χ3v) is 3.45. The largest absolute Gasteiger partial charge is 0.392 e. The minimum atomic E-state index is -0.310. The van der Waals surface area contributed by atoms with Gasteiger partial charge in [0.15, 0.2) is 0 Å². The highest BCUT2D eigenvalue weighted by Gasteiger charge is 2.05. The zero-order chi connectivity index (χ0) is 13.0. The number of aliphatic hydroxyl groups is 1. The first-order valence-electron chi connectivity index (χ1n) is 6.00. The normalized spacial score (nSPS) is 12.8. The Morgan fingerprint density at radius 2 is 2.22 bits per heavy atom. The molecule has 6 heteroatoms. The standard InChI is InChI=1S/C12H18N4OS/c1-8(17)6-13-3-4-14-11-10-5-9(2)18-12(10)16-7-15-11/h5,7-8,13,17H,3-4,6H2,1-2H3,(H,14,15,16). The van der Waals surface area contributed by atoms with Crippen LogP contribution < -0.4 is 10.6 Å². The van der Waals surface area contributed by atoms with Gasteiger partial charge >= 0.3 is 0 Å². The second kappa shape index (κ2) is 6.08. The van der Waals surface area contributed by atoms with Crippen molar-refractivity contribution in [2.24, 2.45) is 0 Å². The number of hydrogen-bond donors (Lipinski definition) is 3. The number of nitrogens with zero attached hydrogens (tertiary/aromatic N) is 2. The van der Waals surface area contributed by atoms with Crippen molar-refractivity contribution in [2.75, 3.05) is 25.0 Å². The van der Waals surface area contributed by atoms with Crippen molar-refractivity contribution in [1.29, 1.82) is 0 Å². The summed E-state index contributed by atoms with van der Waals surface area (Å²) >= 11 is 1.67. The molecule has 0 aromatic carbocycles. The van der Waals surface area contributed by atoms with Gasteiger partial charge in [0.05, 0.1) is 11.5 Å². The zero-order valence-electron chi connectivity index (χ0n) is 10.6. The molecule has 0 aliphatic rings. The van der Waals surface area contributed by atoms with E-state index in [-0.39, 0.29) is 6.10 Å². The molecule has 2 heterocycles. The van der Waals surface area contributed by atoms with Crippen LogP contribution >= 0.6 is 11.3 Å². The maximum absolute atomic E-state index is 9.11. The van der Waals surface area contributed by atoms with Crippen molar-refractivity contribution in [3.8, 4) is 0 Å². The van der Waals surface area contributed by atoms with Gasteiger partial charge in [-0.2, -0.15) is 0 Å². The summed E-state index contributed by atoms with van der Waals surface area (Å²) < 4.78 is 0. The van der Waals surface area contributed by atoms with Gasteiger partial charge < -0.3 is 15.7 Å². The van der Waals surface area contributed by atoms with E-state index in [2.05, 4.69) is 33.6 Å². The molecule has 0 fully saturated rings. The Kier molecular flexibility index (Phi) is 4.46. The van der Waals surface area contributed by atoms with Crippen LogP contribution in [0.1, 0.15) is 11.8 Å². The van der Waals surface area contributed by atoms with Crippen LogP contribution in [-0.4, -0.2) is 40.8 Å². The van der Waals surface area contributed by atoms with E-state index >= 15 is 0 Å². The third-order valence-electron chi connectivity index (χ3n) is 2.49. The second-order valence-electron chi connectivity index (χ2n) is 4.28. The molecule has 0 spiro atoms. The summed E-state index contributed by atoms with van der Waals surface area (Å²) in [5.74, 6) is 0.878. The van der Waals surface area contributed by atoms with Crippen molar-refractivity contribution in [1.82, 2.24) is 15.3 Å². The number of thiophene rings is 1. The maximum atomic E-state index is 9.11. The number of aliphatic hydroxyl groups excluding tert-OH is 1. The molecule has 2 aromatic heterocycles. The Balaban J connectivity index is 1.91. The van der Waals surface area contributed by atoms with Gasteiger partial charge in [-0.15, -0.1) is 11.3 Å². The zero-order valence-corrected chi connectivity index (χ0v) is 11.4. The van der Waals surface area contributed by atoms with E-state index in [1.54, 1.807) is 24.6 Å². The van der Waals surface area contributed by atoms with Gasteiger partial charge in [0.2, 0.25) is 0 Å². The van der Waals surface area contributed by atoms with E-state index in [0.29, 0.717) is 6.54 Å². The average Bonchev–Trinajstić information content (AvgIpc) is 2.69. The molecule has 98 valence electrons. The highest BCUT2D eigenvalue weighted by atomic mass is 32.1. The molecule has 2 rings (SSSR count).